The molecule has 2 rings (SSSR count). The molecule has 0 bridgehead atoms. The summed E-state index contributed by atoms with van der Waals surface area (Å²) >= 11 is 0. The fraction of sp³-hybridized carbons (Fsp3) is 0.385. The molecule has 1 heterocycles. The highest BCUT2D eigenvalue weighted by Gasteiger charge is 2.39. The number of carbonyl (C=O) groups is 2. The molecule has 0 aromatic heterocycles. The number of hydrogen-bond donors (Lipinski definition) is 1. The zero-order valence-corrected chi connectivity index (χ0v) is 10.1. The van der Waals surface area contributed by atoms with Gasteiger partial charge < -0.3 is 14.7 Å². The molecule has 5 heteroatoms. The number of ether oxygens (including phenoxy) is 1. The van der Waals surface area contributed by atoms with Crippen molar-refractivity contribution in [3.63, 3.8) is 0 Å². The maximum atomic E-state index is 11.8. The lowest BCUT2D eigenvalue weighted by atomic mass is 10.1. The zero-order valence-electron chi connectivity index (χ0n) is 10.1. The average Bonchev–Trinajstić information content (AvgIpc) is 2.35. The van der Waals surface area contributed by atoms with Crippen molar-refractivity contribution < 1.29 is 19.4 Å². The van der Waals surface area contributed by atoms with Gasteiger partial charge in [0, 0.05) is 6.54 Å². The standard InChI is InChI=1S/C13H15NO4/c1-9-12(13(16)17)14(11(15)8-18-9)7-10-5-3-2-4-6-10/h2-6,9,12H,7-8H2,1H3,(H,16,17)/t9-,12-/m1/s1. The number of hydrogen-bond acceptors (Lipinski definition) is 3. The lowest BCUT2D eigenvalue weighted by Crippen LogP contribution is -2.56. The summed E-state index contributed by atoms with van der Waals surface area (Å²) in [5, 5.41) is 9.20. The number of morpholine rings is 1. The quantitative estimate of drug-likeness (QED) is 0.863. The lowest BCUT2D eigenvalue weighted by Gasteiger charge is -2.37. The van der Waals surface area contributed by atoms with Crippen LogP contribution in [-0.2, 0) is 20.9 Å². The molecular weight excluding hydrogens is 234 g/mol. The minimum absolute atomic E-state index is 0.0578. The van der Waals surface area contributed by atoms with Crippen LogP contribution in [0.15, 0.2) is 30.3 Å². The highest BCUT2D eigenvalue weighted by Crippen LogP contribution is 2.18. The van der Waals surface area contributed by atoms with Crippen molar-refractivity contribution in [1.29, 1.82) is 0 Å². The Hall–Kier alpha value is -1.88. The predicted octanol–water partition coefficient (Wildman–Crippen LogP) is 0.887. The van der Waals surface area contributed by atoms with Gasteiger partial charge >= 0.3 is 5.97 Å². The first kappa shape index (κ1) is 12.6. The molecule has 96 valence electrons. The van der Waals surface area contributed by atoms with Crippen molar-refractivity contribution in [2.24, 2.45) is 0 Å². The molecule has 0 saturated carbocycles. The van der Waals surface area contributed by atoms with Crippen LogP contribution in [0.3, 0.4) is 0 Å². The summed E-state index contributed by atoms with van der Waals surface area (Å²) < 4.78 is 5.16. The van der Waals surface area contributed by atoms with Crippen LogP contribution < -0.4 is 0 Å². The number of nitrogens with zero attached hydrogens (tertiary/aromatic N) is 1. The second-order valence-corrected chi connectivity index (χ2v) is 4.31. The van der Waals surface area contributed by atoms with Crippen LogP contribution in [0, 0.1) is 0 Å². The third-order valence-corrected chi connectivity index (χ3v) is 3.02. The number of rotatable bonds is 3. The number of carboxylic acid groups (broad SMARTS) is 1. The first-order chi connectivity index (χ1) is 8.59. The molecule has 1 aromatic carbocycles. The molecule has 1 N–H and O–H groups in total. The van der Waals surface area contributed by atoms with Gasteiger partial charge in [-0.2, -0.15) is 0 Å². The van der Waals surface area contributed by atoms with E-state index in [9.17, 15) is 14.7 Å². The minimum Gasteiger partial charge on any atom is -0.480 e. The van der Waals surface area contributed by atoms with Crippen LogP contribution in [-0.4, -0.2) is 40.6 Å². The molecular formula is C13H15NO4. The van der Waals surface area contributed by atoms with Crippen LogP contribution in [0.1, 0.15) is 12.5 Å². The molecule has 1 fully saturated rings. The fourth-order valence-electron chi connectivity index (χ4n) is 2.09. The van der Waals surface area contributed by atoms with E-state index in [1.54, 1.807) is 6.92 Å². The van der Waals surface area contributed by atoms with E-state index in [1.165, 1.54) is 4.90 Å². The molecule has 0 unspecified atom stereocenters. The Morgan fingerprint density at radius 2 is 2.11 bits per heavy atom. The lowest BCUT2D eigenvalue weighted by molar-refractivity contribution is -0.170. The van der Waals surface area contributed by atoms with Gasteiger partial charge in [-0.05, 0) is 12.5 Å². The Kier molecular flexibility index (Phi) is 3.62. The van der Waals surface area contributed by atoms with Gasteiger partial charge in [-0.15, -0.1) is 0 Å². The summed E-state index contributed by atoms with van der Waals surface area (Å²) in [6, 6.07) is 8.41. The van der Waals surface area contributed by atoms with Gasteiger partial charge in [0.2, 0.25) is 5.91 Å². The molecule has 0 radical (unpaired) electrons. The first-order valence-electron chi connectivity index (χ1n) is 5.77. The van der Waals surface area contributed by atoms with Crippen molar-refractivity contribution in [3.05, 3.63) is 35.9 Å². The third kappa shape index (κ3) is 2.51. The monoisotopic (exact) mass is 249 g/mol. The first-order valence-corrected chi connectivity index (χ1v) is 5.77. The third-order valence-electron chi connectivity index (χ3n) is 3.02. The highest BCUT2D eigenvalue weighted by molar-refractivity contribution is 5.86. The molecule has 0 spiro atoms. The van der Waals surface area contributed by atoms with E-state index in [-0.39, 0.29) is 12.5 Å². The molecule has 1 aromatic rings. The maximum absolute atomic E-state index is 11.8. The van der Waals surface area contributed by atoms with Crippen molar-refractivity contribution >= 4 is 11.9 Å². The van der Waals surface area contributed by atoms with Gasteiger partial charge in [0.1, 0.15) is 6.61 Å². The van der Waals surface area contributed by atoms with Gasteiger partial charge in [0.15, 0.2) is 6.04 Å². The number of benzene rings is 1. The van der Waals surface area contributed by atoms with Crippen molar-refractivity contribution in [1.82, 2.24) is 4.90 Å². The highest BCUT2D eigenvalue weighted by atomic mass is 16.5. The molecule has 5 nitrogen and oxygen atoms in total. The Morgan fingerprint density at radius 1 is 1.44 bits per heavy atom. The van der Waals surface area contributed by atoms with E-state index in [0.717, 1.165) is 5.56 Å². The smallest absolute Gasteiger partial charge is 0.329 e. The van der Waals surface area contributed by atoms with E-state index in [0.29, 0.717) is 6.54 Å². The van der Waals surface area contributed by atoms with Gasteiger partial charge in [0.05, 0.1) is 6.10 Å². The molecule has 1 aliphatic heterocycles. The summed E-state index contributed by atoms with van der Waals surface area (Å²) in [6.45, 7) is 1.91. The molecule has 2 atom stereocenters. The van der Waals surface area contributed by atoms with Gasteiger partial charge in [-0.3, -0.25) is 4.79 Å². The number of carboxylic acids is 1. The van der Waals surface area contributed by atoms with E-state index >= 15 is 0 Å². The minimum atomic E-state index is -1.04. The van der Waals surface area contributed by atoms with E-state index in [1.807, 2.05) is 30.3 Å². The van der Waals surface area contributed by atoms with E-state index in [2.05, 4.69) is 0 Å². The average molecular weight is 249 g/mol. The summed E-state index contributed by atoms with van der Waals surface area (Å²) in [4.78, 5) is 24.4. The second-order valence-electron chi connectivity index (χ2n) is 4.31. The van der Waals surface area contributed by atoms with Crippen LogP contribution in [0.5, 0.6) is 0 Å². The number of aliphatic carboxylic acids is 1. The van der Waals surface area contributed by atoms with Crippen LogP contribution in [0.4, 0.5) is 0 Å². The maximum Gasteiger partial charge on any atom is 0.329 e. The molecule has 1 aliphatic rings. The van der Waals surface area contributed by atoms with Crippen molar-refractivity contribution in [2.75, 3.05) is 6.61 Å². The Labute approximate surface area is 105 Å². The SMILES string of the molecule is C[C@H]1OCC(=O)N(Cc2ccccc2)[C@H]1C(=O)O. The Bertz CT molecular complexity index is 446. The topological polar surface area (TPSA) is 66.8 Å². The predicted molar refractivity (Wildman–Crippen MR) is 63.8 cm³/mol. The molecule has 1 amide bonds. The molecule has 18 heavy (non-hydrogen) atoms. The van der Waals surface area contributed by atoms with Crippen molar-refractivity contribution in [3.8, 4) is 0 Å². The van der Waals surface area contributed by atoms with E-state index < -0.39 is 18.1 Å². The molecule has 1 saturated heterocycles. The Morgan fingerprint density at radius 3 is 2.72 bits per heavy atom. The zero-order chi connectivity index (χ0) is 13.1. The summed E-state index contributed by atoms with van der Waals surface area (Å²) in [5.41, 5.74) is 0.909. The summed E-state index contributed by atoms with van der Waals surface area (Å²) in [6.07, 6.45) is -0.496. The summed E-state index contributed by atoms with van der Waals surface area (Å²) in [5.74, 6) is -1.32. The van der Waals surface area contributed by atoms with Gasteiger partial charge in [0.25, 0.3) is 0 Å². The number of amides is 1. The summed E-state index contributed by atoms with van der Waals surface area (Å²) in [7, 11) is 0. The van der Waals surface area contributed by atoms with Gasteiger partial charge in [-0.25, -0.2) is 4.79 Å². The Balaban J connectivity index is 2.21. The van der Waals surface area contributed by atoms with Crippen molar-refractivity contribution in [2.45, 2.75) is 25.6 Å². The van der Waals surface area contributed by atoms with E-state index in [4.69, 9.17) is 4.74 Å². The fourth-order valence-corrected chi connectivity index (χ4v) is 2.09. The number of carbonyl (C=O) groups excluding carboxylic acids is 1. The van der Waals surface area contributed by atoms with Crippen LogP contribution >= 0.6 is 0 Å². The molecule has 0 aliphatic carbocycles. The van der Waals surface area contributed by atoms with Crippen LogP contribution in [0.2, 0.25) is 0 Å². The normalized spacial score (nSPS) is 24.1. The van der Waals surface area contributed by atoms with Gasteiger partial charge in [-0.1, -0.05) is 30.3 Å². The second kappa shape index (κ2) is 5.18. The largest absolute Gasteiger partial charge is 0.480 e. The van der Waals surface area contributed by atoms with Crippen LogP contribution in [0.25, 0.3) is 0 Å².